The van der Waals surface area contributed by atoms with E-state index in [1.807, 2.05) is 0 Å². The van der Waals surface area contributed by atoms with Crippen LogP contribution in [0.1, 0.15) is 91.4 Å². The van der Waals surface area contributed by atoms with Crippen LogP contribution in [-0.2, 0) is 14.3 Å². The second-order valence-corrected chi connectivity index (χ2v) is 8.00. The Morgan fingerprint density at radius 2 is 1.29 bits per heavy atom. The van der Waals surface area contributed by atoms with E-state index < -0.39 is 15.5 Å². The van der Waals surface area contributed by atoms with Crippen molar-refractivity contribution in [3.8, 4) is 0 Å². The Balaban J connectivity index is 3.43. The quantitative estimate of drug-likeness (QED) is 0.382. The van der Waals surface area contributed by atoms with Crippen LogP contribution < -0.4 is 5.73 Å². The lowest BCUT2D eigenvalue weighted by Gasteiger charge is -2.14. The summed E-state index contributed by atoms with van der Waals surface area (Å²) in [6.07, 6.45) is 13.3. The van der Waals surface area contributed by atoms with Gasteiger partial charge in [-0.2, -0.15) is 8.42 Å². The van der Waals surface area contributed by atoms with Gasteiger partial charge >= 0.3 is 0 Å². The van der Waals surface area contributed by atoms with E-state index in [4.69, 9.17) is 9.92 Å². The number of rotatable bonds is 14. The van der Waals surface area contributed by atoms with Gasteiger partial charge in [0.15, 0.2) is 0 Å². The molecule has 2 N–H and O–H groups in total. The van der Waals surface area contributed by atoms with Crippen molar-refractivity contribution in [3.05, 3.63) is 0 Å². The number of nitrogens with two attached hydrogens (primary N) is 1. The highest BCUT2D eigenvalue weighted by Crippen LogP contribution is 2.14. The van der Waals surface area contributed by atoms with Crippen molar-refractivity contribution in [3.63, 3.8) is 0 Å². The average Bonchev–Trinajstić information content (AvgIpc) is 2.40. The normalized spacial score (nSPS) is 15.0. The number of unbranched alkanes of at least 4 members (excludes halogenated alkanes) is 9. The molecule has 0 amide bonds. The predicted octanol–water partition coefficient (Wildman–Crippen LogP) is 4.34. The second kappa shape index (κ2) is 12.4. The minimum atomic E-state index is -3.58. The van der Waals surface area contributed by atoms with E-state index in [9.17, 15) is 8.42 Å². The molecule has 0 aromatic rings. The van der Waals surface area contributed by atoms with E-state index >= 15 is 0 Å². The van der Waals surface area contributed by atoms with E-state index in [0.717, 1.165) is 19.3 Å². The summed E-state index contributed by atoms with van der Waals surface area (Å²) in [7, 11) is -3.58. The molecule has 21 heavy (non-hydrogen) atoms. The molecule has 5 heteroatoms. The van der Waals surface area contributed by atoms with Crippen molar-refractivity contribution in [2.24, 2.45) is 5.73 Å². The van der Waals surface area contributed by atoms with Crippen molar-refractivity contribution in [2.45, 2.75) is 103 Å². The first-order valence-electron chi connectivity index (χ1n) is 8.57. The molecule has 0 radical (unpaired) electrons. The van der Waals surface area contributed by atoms with Gasteiger partial charge < -0.3 is 5.73 Å². The summed E-state index contributed by atoms with van der Waals surface area (Å²) in [5, 5.41) is -0.951. The van der Waals surface area contributed by atoms with Crippen LogP contribution in [0.4, 0.5) is 0 Å². The van der Waals surface area contributed by atoms with Gasteiger partial charge in [0.1, 0.15) is 5.37 Å². The molecule has 0 spiro atoms. The SMILES string of the molecule is CCCCCCCCCCCCC(C)OS(=O)(=O)C(C)N. The monoisotopic (exact) mass is 321 g/mol. The summed E-state index contributed by atoms with van der Waals surface area (Å²) in [6.45, 7) is 5.47. The highest BCUT2D eigenvalue weighted by Gasteiger charge is 2.20. The highest BCUT2D eigenvalue weighted by molar-refractivity contribution is 7.87. The molecular formula is C16H35NO3S. The molecule has 0 rings (SSSR count). The Bertz CT molecular complexity index is 328. The Hall–Kier alpha value is -0.130. The minimum absolute atomic E-state index is 0.268. The molecule has 0 bridgehead atoms. The molecule has 0 saturated heterocycles. The molecule has 0 fully saturated rings. The zero-order valence-electron chi connectivity index (χ0n) is 14.1. The lowest BCUT2D eigenvalue weighted by Crippen LogP contribution is -2.31. The van der Waals surface area contributed by atoms with Crippen LogP contribution in [0.25, 0.3) is 0 Å². The van der Waals surface area contributed by atoms with Crippen LogP contribution in [-0.4, -0.2) is 19.9 Å². The summed E-state index contributed by atoms with van der Waals surface area (Å²) < 4.78 is 28.0. The van der Waals surface area contributed by atoms with Crippen molar-refractivity contribution >= 4 is 10.1 Å². The zero-order valence-corrected chi connectivity index (χ0v) is 15.0. The van der Waals surface area contributed by atoms with E-state index in [-0.39, 0.29) is 6.10 Å². The second-order valence-electron chi connectivity index (χ2n) is 6.08. The first-order valence-corrected chi connectivity index (χ1v) is 10.0. The lowest BCUT2D eigenvalue weighted by atomic mass is 10.1. The third-order valence-electron chi connectivity index (χ3n) is 3.72. The molecule has 0 aliphatic carbocycles. The molecule has 0 saturated carbocycles. The van der Waals surface area contributed by atoms with Gasteiger partial charge in [-0.3, -0.25) is 4.18 Å². The third-order valence-corrected chi connectivity index (χ3v) is 5.23. The highest BCUT2D eigenvalue weighted by atomic mass is 32.2. The number of hydrogen-bond acceptors (Lipinski definition) is 4. The average molecular weight is 322 g/mol. The molecule has 2 atom stereocenters. The molecular weight excluding hydrogens is 286 g/mol. The fourth-order valence-electron chi connectivity index (χ4n) is 2.28. The maximum absolute atomic E-state index is 11.5. The molecule has 2 unspecified atom stereocenters. The fourth-order valence-corrected chi connectivity index (χ4v) is 3.01. The van der Waals surface area contributed by atoms with Gasteiger partial charge in [0.2, 0.25) is 0 Å². The molecule has 0 heterocycles. The van der Waals surface area contributed by atoms with Crippen molar-refractivity contribution in [1.82, 2.24) is 0 Å². The summed E-state index contributed by atoms with van der Waals surface area (Å²) >= 11 is 0. The minimum Gasteiger partial charge on any atom is -0.313 e. The van der Waals surface area contributed by atoms with Gasteiger partial charge in [-0.05, 0) is 20.3 Å². The van der Waals surface area contributed by atoms with Crippen molar-refractivity contribution < 1.29 is 12.6 Å². The first-order chi connectivity index (χ1) is 9.90. The van der Waals surface area contributed by atoms with E-state index in [1.165, 1.54) is 58.3 Å². The van der Waals surface area contributed by atoms with E-state index in [2.05, 4.69) is 6.92 Å². The Kier molecular flexibility index (Phi) is 12.3. The summed E-state index contributed by atoms with van der Waals surface area (Å²) in [6, 6.07) is 0. The van der Waals surface area contributed by atoms with Gasteiger partial charge in [0.05, 0.1) is 6.10 Å². The summed E-state index contributed by atoms with van der Waals surface area (Å²) in [4.78, 5) is 0. The fraction of sp³-hybridized carbons (Fsp3) is 1.00. The third kappa shape index (κ3) is 12.1. The van der Waals surface area contributed by atoms with Gasteiger partial charge in [-0.15, -0.1) is 0 Å². The zero-order chi connectivity index (χ0) is 16.1. The molecule has 0 aromatic carbocycles. The Morgan fingerprint density at radius 3 is 1.71 bits per heavy atom. The summed E-state index contributed by atoms with van der Waals surface area (Å²) in [5.41, 5.74) is 5.36. The number of hydrogen-bond donors (Lipinski definition) is 1. The smallest absolute Gasteiger partial charge is 0.283 e. The van der Waals surface area contributed by atoms with Gasteiger partial charge in [-0.1, -0.05) is 71.1 Å². The van der Waals surface area contributed by atoms with Crippen LogP contribution in [0, 0.1) is 0 Å². The molecule has 0 aliphatic heterocycles. The topological polar surface area (TPSA) is 69.4 Å². The van der Waals surface area contributed by atoms with Crippen molar-refractivity contribution in [2.75, 3.05) is 0 Å². The molecule has 0 aromatic heterocycles. The van der Waals surface area contributed by atoms with Gasteiger partial charge in [0, 0.05) is 0 Å². The first kappa shape index (κ1) is 20.9. The van der Waals surface area contributed by atoms with Gasteiger partial charge in [0.25, 0.3) is 10.1 Å². The van der Waals surface area contributed by atoms with E-state index in [0.29, 0.717) is 0 Å². The standard InChI is InChI=1S/C16H35NO3S/c1-4-5-6-7-8-9-10-11-12-13-14-15(2)20-21(18,19)16(3)17/h15-16H,4-14,17H2,1-3H3. The van der Waals surface area contributed by atoms with Crippen LogP contribution in [0.2, 0.25) is 0 Å². The molecule has 4 nitrogen and oxygen atoms in total. The van der Waals surface area contributed by atoms with E-state index in [1.54, 1.807) is 6.92 Å². The molecule has 128 valence electrons. The maximum atomic E-state index is 11.5. The maximum Gasteiger partial charge on any atom is 0.283 e. The predicted molar refractivity (Wildman–Crippen MR) is 89.6 cm³/mol. The van der Waals surface area contributed by atoms with Crippen LogP contribution in [0.15, 0.2) is 0 Å². The van der Waals surface area contributed by atoms with Crippen LogP contribution in [0.3, 0.4) is 0 Å². The van der Waals surface area contributed by atoms with Crippen LogP contribution in [0.5, 0.6) is 0 Å². The lowest BCUT2D eigenvalue weighted by molar-refractivity contribution is 0.210. The molecule has 0 aliphatic rings. The summed E-state index contributed by atoms with van der Waals surface area (Å²) in [5.74, 6) is 0. The van der Waals surface area contributed by atoms with Crippen molar-refractivity contribution in [1.29, 1.82) is 0 Å². The van der Waals surface area contributed by atoms with Gasteiger partial charge in [-0.25, -0.2) is 0 Å². The Labute approximate surface area is 132 Å². The largest absolute Gasteiger partial charge is 0.313 e. The Morgan fingerprint density at radius 1 is 0.857 bits per heavy atom. The van der Waals surface area contributed by atoms with Crippen LogP contribution >= 0.6 is 0 Å².